The summed E-state index contributed by atoms with van der Waals surface area (Å²) in [6.07, 6.45) is 2.95. The number of hydrogen-bond acceptors (Lipinski definition) is 3. The van der Waals surface area contributed by atoms with Crippen LogP contribution in [0.4, 0.5) is 10.3 Å². The molecule has 0 saturated carbocycles. The van der Waals surface area contributed by atoms with E-state index in [1.54, 1.807) is 19.2 Å². The van der Waals surface area contributed by atoms with Crippen LogP contribution in [-0.4, -0.2) is 15.9 Å². The summed E-state index contributed by atoms with van der Waals surface area (Å²) < 4.78 is 14.8. The lowest BCUT2D eigenvalue weighted by Gasteiger charge is -1.99. The first-order valence-electron chi connectivity index (χ1n) is 4.88. The smallest absolute Gasteiger partial charge is 0.221 e. The van der Waals surface area contributed by atoms with Gasteiger partial charge >= 0.3 is 0 Å². The van der Waals surface area contributed by atoms with E-state index in [2.05, 4.69) is 10.1 Å². The van der Waals surface area contributed by atoms with E-state index in [1.165, 1.54) is 23.0 Å². The van der Waals surface area contributed by atoms with Gasteiger partial charge in [0.05, 0.1) is 23.1 Å². The first-order valence-corrected chi connectivity index (χ1v) is 5.25. The Morgan fingerprint density at radius 2 is 2.29 bits per heavy atom. The molecule has 0 fully saturated rings. The molecule has 0 amide bonds. The van der Waals surface area contributed by atoms with Crippen LogP contribution in [0.3, 0.4) is 0 Å². The molecule has 1 aromatic heterocycles. The van der Waals surface area contributed by atoms with Crippen molar-refractivity contribution in [3.05, 3.63) is 46.5 Å². The van der Waals surface area contributed by atoms with Gasteiger partial charge in [-0.1, -0.05) is 17.7 Å². The third-order valence-electron chi connectivity index (χ3n) is 2.15. The van der Waals surface area contributed by atoms with Crippen LogP contribution in [0.2, 0.25) is 5.02 Å². The Morgan fingerprint density at radius 1 is 1.53 bits per heavy atom. The summed E-state index contributed by atoms with van der Waals surface area (Å²) in [6.45, 7) is 1.79. The third kappa shape index (κ3) is 2.45. The van der Waals surface area contributed by atoms with Gasteiger partial charge < -0.3 is 5.73 Å². The topological polar surface area (TPSA) is 56.2 Å². The Balaban J connectivity index is 2.35. The largest absolute Gasteiger partial charge is 0.368 e. The number of rotatable bonds is 2. The standard InChI is InChI=1S/C11H10ClFN4/c1-7-6-17(11(14)16-7)15-5-8-9(12)3-2-4-10(8)13/h2-6H,1H3,(H2,14,16). The third-order valence-corrected chi connectivity index (χ3v) is 2.48. The molecule has 88 valence electrons. The Morgan fingerprint density at radius 3 is 2.88 bits per heavy atom. The number of nitrogens with zero attached hydrogens (tertiary/aromatic N) is 3. The van der Waals surface area contributed by atoms with Crippen molar-refractivity contribution in [2.24, 2.45) is 5.10 Å². The number of benzene rings is 1. The molecule has 2 rings (SSSR count). The molecule has 17 heavy (non-hydrogen) atoms. The molecule has 0 unspecified atom stereocenters. The molecule has 4 nitrogen and oxygen atoms in total. The fourth-order valence-corrected chi connectivity index (χ4v) is 1.56. The number of halogens is 2. The zero-order valence-electron chi connectivity index (χ0n) is 9.06. The van der Waals surface area contributed by atoms with Crippen LogP contribution in [0.25, 0.3) is 0 Å². The summed E-state index contributed by atoms with van der Waals surface area (Å²) in [5.74, 6) is -0.192. The van der Waals surface area contributed by atoms with Gasteiger partial charge in [-0.15, -0.1) is 0 Å². The SMILES string of the molecule is Cc1cn(N=Cc2c(F)cccc2Cl)c(N)n1. The highest BCUT2D eigenvalue weighted by molar-refractivity contribution is 6.33. The number of aryl methyl sites for hydroxylation is 1. The average molecular weight is 253 g/mol. The summed E-state index contributed by atoms with van der Waals surface area (Å²) in [5.41, 5.74) is 6.55. The molecule has 0 saturated heterocycles. The van der Waals surface area contributed by atoms with Crippen molar-refractivity contribution in [3.8, 4) is 0 Å². The fraction of sp³-hybridized carbons (Fsp3) is 0.0909. The highest BCUT2D eigenvalue weighted by Crippen LogP contribution is 2.17. The van der Waals surface area contributed by atoms with Crippen molar-refractivity contribution in [2.45, 2.75) is 6.92 Å². The molecule has 0 atom stereocenters. The van der Waals surface area contributed by atoms with Crippen LogP contribution in [0, 0.1) is 12.7 Å². The summed E-state index contributed by atoms with van der Waals surface area (Å²) in [7, 11) is 0. The lowest BCUT2D eigenvalue weighted by Crippen LogP contribution is -1.98. The summed E-state index contributed by atoms with van der Waals surface area (Å²) >= 11 is 5.85. The second kappa shape index (κ2) is 4.55. The van der Waals surface area contributed by atoms with E-state index in [0.29, 0.717) is 5.02 Å². The van der Waals surface area contributed by atoms with Crippen molar-refractivity contribution in [1.82, 2.24) is 9.66 Å². The highest BCUT2D eigenvalue weighted by Gasteiger charge is 2.04. The number of nitrogens with two attached hydrogens (primary N) is 1. The van der Waals surface area contributed by atoms with E-state index in [9.17, 15) is 4.39 Å². The Bertz CT molecular complexity index is 557. The number of anilines is 1. The molecule has 1 heterocycles. The van der Waals surface area contributed by atoms with Crippen molar-refractivity contribution in [3.63, 3.8) is 0 Å². The van der Waals surface area contributed by atoms with Gasteiger partial charge in [0.1, 0.15) is 5.82 Å². The minimum absolute atomic E-state index is 0.222. The lowest BCUT2D eigenvalue weighted by molar-refractivity contribution is 0.626. The summed E-state index contributed by atoms with van der Waals surface area (Å²) in [5, 5.41) is 4.29. The van der Waals surface area contributed by atoms with Gasteiger partial charge in [-0.05, 0) is 19.1 Å². The summed E-state index contributed by atoms with van der Waals surface area (Å²) in [4.78, 5) is 3.97. The lowest BCUT2D eigenvalue weighted by atomic mass is 10.2. The van der Waals surface area contributed by atoms with E-state index in [4.69, 9.17) is 17.3 Å². The van der Waals surface area contributed by atoms with Crippen molar-refractivity contribution in [2.75, 3.05) is 5.73 Å². The monoisotopic (exact) mass is 252 g/mol. The van der Waals surface area contributed by atoms with E-state index in [0.717, 1.165) is 5.69 Å². The van der Waals surface area contributed by atoms with Gasteiger partial charge in [0.25, 0.3) is 0 Å². The van der Waals surface area contributed by atoms with Crippen LogP contribution in [-0.2, 0) is 0 Å². The van der Waals surface area contributed by atoms with Crippen molar-refractivity contribution < 1.29 is 4.39 Å². The number of hydrogen-bond donors (Lipinski definition) is 1. The van der Waals surface area contributed by atoms with Gasteiger partial charge in [0.15, 0.2) is 0 Å². The van der Waals surface area contributed by atoms with Crippen LogP contribution in [0.1, 0.15) is 11.3 Å². The number of aromatic nitrogens is 2. The van der Waals surface area contributed by atoms with Crippen LogP contribution < -0.4 is 5.73 Å². The molecule has 0 aliphatic carbocycles. The van der Waals surface area contributed by atoms with Crippen molar-refractivity contribution in [1.29, 1.82) is 0 Å². The number of imidazole rings is 1. The van der Waals surface area contributed by atoms with Gasteiger partial charge in [-0.3, -0.25) is 0 Å². The Kier molecular flexibility index (Phi) is 3.10. The first kappa shape index (κ1) is 11.6. The van der Waals surface area contributed by atoms with Crippen molar-refractivity contribution >= 4 is 23.8 Å². The quantitative estimate of drug-likeness (QED) is 0.835. The molecule has 0 bridgehead atoms. The molecule has 2 N–H and O–H groups in total. The van der Waals surface area contributed by atoms with Crippen LogP contribution >= 0.6 is 11.6 Å². The molecule has 0 spiro atoms. The molecule has 2 aromatic rings. The Labute approximate surface area is 103 Å². The normalized spacial score (nSPS) is 11.2. The zero-order chi connectivity index (χ0) is 12.4. The number of nitrogen functional groups attached to an aromatic ring is 1. The predicted octanol–water partition coefficient (Wildman–Crippen LogP) is 2.45. The maximum Gasteiger partial charge on any atom is 0.221 e. The first-order chi connectivity index (χ1) is 8.08. The molecule has 1 aromatic carbocycles. The Hall–Kier alpha value is -1.88. The van der Waals surface area contributed by atoms with Gasteiger partial charge in [0, 0.05) is 5.56 Å². The van der Waals surface area contributed by atoms with Gasteiger partial charge in [-0.2, -0.15) is 5.10 Å². The average Bonchev–Trinajstić information content (AvgIpc) is 2.57. The summed E-state index contributed by atoms with van der Waals surface area (Å²) in [6, 6.07) is 4.44. The molecule has 6 heteroatoms. The van der Waals surface area contributed by atoms with E-state index in [1.807, 2.05) is 0 Å². The molecule has 0 aliphatic heterocycles. The molecule has 0 radical (unpaired) electrons. The second-order valence-corrected chi connectivity index (χ2v) is 3.87. The van der Waals surface area contributed by atoms with E-state index < -0.39 is 5.82 Å². The maximum absolute atomic E-state index is 13.4. The maximum atomic E-state index is 13.4. The molecule has 0 aliphatic rings. The van der Waals surface area contributed by atoms with Gasteiger partial charge in [-0.25, -0.2) is 14.1 Å². The minimum Gasteiger partial charge on any atom is -0.368 e. The van der Waals surface area contributed by atoms with E-state index >= 15 is 0 Å². The second-order valence-electron chi connectivity index (χ2n) is 3.46. The molecular formula is C11H10ClFN4. The van der Waals surface area contributed by atoms with Crippen LogP contribution in [0.5, 0.6) is 0 Å². The van der Waals surface area contributed by atoms with Gasteiger partial charge in [0.2, 0.25) is 5.95 Å². The minimum atomic E-state index is -0.434. The van der Waals surface area contributed by atoms with E-state index in [-0.39, 0.29) is 11.5 Å². The predicted molar refractivity (Wildman–Crippen MR) is 65.8 cm³/mol. The fourth-order valence-electron chi connectivity index (χ4n) is 1.35. The zero-order valence-corrected chi connectivity index (χ0v) is 9.82. The highest BCUT2D eigenvalue weighted by atomic mass is 35.5. The molecular weight excluding hydrogens is 243 g/mol. The van der Waals surface area contributed by atoms with Crippen LogP contribution in [0.15, 0.2) is 29.5 Å².